The van der Waals surface area contributed by atoms with Crippen molar-refractivity contribution < 1.29 is 48.9 Å². The minimum atomic E-state index is -1.49. The van der Waals surface area contributed by atoms with Crippen molar-refractivity contribution in [2.75, 3.05) is 59.5 Å². The molecule has 0 saturated heterocycles. The molecule has 0 aromatic rings. The fourth-order valence-electron chi connectivity index (χ4n) is 3.18. The van der Waals surface area contributed by atoms with Crippen LogP contribution in [0.25, 0.3) is 0 Å². The first-order chi connectivity index (χ1) is 16.8. The number of carboxylic acid groups (broad SMARTS) is 1. The molecule has 1 aliphatic heterocycles. The fraction of sp³-hybridized carbons (Fsp3) is 0.739. The number of terminal acetylenes is 1. The van der Waals surface area contributed by atoms with Crippen LogP contribution in [0.2, 0.25) is 0 Å². The molecule has 35 heavy (non-hydrogen) atoms. The van der Waals surface area contributed by atoms with Crippen molar-refractivity contribution in [3.05, 3.63) is 11.8 Å². The SMILES string of the molecule is C#CCOCCOCCOCCOCCCC(N)=N[C@H]1C=C(C(=O)O)O[C@@H]([C@H](O)[C@H](O)CO)[C@@H]1C. The van der Waals surface area contributed by atoms with Gasteiger partial charge in [0.1, 0.15) is 24.9 Å². The normalized spacial score (nSPS) is 22.1. The molecule has 0 aromatic carbocycles. The topological polar surface area (TPSA) is 183 Å². The Kier molecular flexibility index (Phi) is 15.9. The molecule has 200 valence electrons. The number of ether oxygens (including phenoxy) is 5. The zero-order chi connectivity index (χ0) is 26.1. The highest BCUT2D eigenvalue weighted by Gasteiger charge is 2.40. The van der Waals surface area contributed by atoms with Crippen LogP contribution < -0.4 is 5.73 Å². The lowest BCUT2D eigenvalue weighted by molar-refractivity contribution is -0.146. The molecule has 0 unspecified atom stereocenters. The Bertz CT molecular complexity index is 709. The van der Waals surface area contributed by atoms with Crippen molar-refractivity contribution in [3.8, 4) is 12.3 Å². The van der Waals surface area contributed by atoms with Gasteiger partial charge in [-0.2, -0.15) is 0 Å². The summed E-state index contributed by atoms with van der Waals surface area (Å²) in [5.74, 6) is 0.437. The van der Waals surface area contributed by atoms with Gasteiger partial charge in [0.05, 0.1) is 58.1 Å². The number of nitrogens with two attached hydrogens (primary N) is 1. The summed E-state index contributed by atoms with van der Waals surface area (Å²) in [5.41, 5.74) is 6.01. The summed E-state index contributed by atoms with van der Waals surface area (Å²) in [5, 5.41) is 38.4. The van der Waals surface area contributed by atoms with Crippen molar-refractivity contribution in [2.24, 2.45) is 16.6 Å². The van der Waals surface area contributed by atoms with Gasteiger partial charge < -0.3 is 49.8 Å². The Labute approximate surface area is 205 Å². The van der Waals surface area contributed by atoms with Crippen LogP contribution in [0.4, 0.5) is 0 Å². The molecule has 12 heteroatoms. The van der Waals surface area contributed by atoms with Gasteiger partial charge in [0.2, 0.25) is 5.76 Å². The summed E-state index contributed by atoms with van der Waals surface area (Å²) < 4.78 is 26.6. The lowest BCUT2D eigenvalue weighted by Crippen LogP contribution is -2.49. The number of aliphatic hydroxyl groups is 3. The maximum Gasteiger partial charge on any atom is 0.370 e. The Morgan fingerprint density at radius 3 is 2.26 bits per heavy atom. The minimum Gasteiger partial charge on any atom is -0.480 e. The standard InChI is InChI=1S/C23H38N2O10/c1-3-6-31-8-10-33-12-13-34-11-9-32-7-4-5-20(24)25-17-14-19(23(29)30)35-22(16(17)2)21(28)18(27)15-26/h1,14,16-18,21-22,26-28H,4-13,15H2,2H3,(H2,24,25)(H,29,30)/t16-,17+,18-,21-,22-/m1/s1. The number of hydrogen-bond donors (Lipinski definition) is 5. The zero-order valence-electron chi connectivity index (χ0n) is 20.1. The Hall–Kier alpha value is -2.24. The summed E-state index contributed by atoms with van der Waals surface area (Å²) in [7, 11) is 0. The molecule has 0 aromatic heterocycles. The highest BCUT2D eigenvalue weighted by Crippen LogP contribution is 2.29. The van der Waals surface area contributed by atoms with Crippen molar-refractivity contribution >= 4 is 11.8 Å². The predicted octanol–water partition coefficient (Wildman–Crippen LogP) is -1.09. The van der Waals surface area contributed by atoms with E-state index in [4.69, 9.17) is 40.9 Å². The number of aliphatic carboxylic acids is 1. The lowest BCUT2D eigenvalue weighted by atomic mass is 9.87. The van der Waals surface area contributed by atoms with Crippen LogP contribution in [0.3, 0.4) is 0 Å². The van der Waals surface area contributed by atoms with E-state index in [9.17, 15) is 20.1 Å². The largest absolute Gasteiger partial charge is 0.480 e. The summed E-state index contributed by atoms with van der Waals surface area (Å²) in [6.45, 7) is 4.33. The molecular weight excluding hydrogens is 464 g/mol. The number of aliphatic hydroxyl groups excluding tert-OH is 3. The van der Waals surface area contributed by atoms with Gasteiger partial charge in [-0.3, -0.25) is 4.99 Å². The van der Waals surface area contributed by atoms with E-state index in [1.807, 2.05) is 0 Å². The quantitative estimate of drug-likeness (QED) is 0.0626. The van der Waals surface area contributed by atoms with Crippen LogP contribution in [-0.4, -0.2) is 116 Å². The number of rotatable bonds is 19. The number of carboxylic acids is 1. The van der Waals surface area contributed by atoms with E-state index in [1.165, 1.54) is 6.08 Å². The number of amidine groups is 1. The zero-order valence-corrected chi connectivity index (χ0v) is 20.1. The lowest BCUT2D eigenvalue weighted by Gasteiger charge is -2.36. The first-order valence-electron chi connectivity index (χ1n) is 11.5. The third kappa shape index (κ3) is 12.3. The second-order valence-corrected chi connectivity index (χ2v) is 7.83. The molecule has 1 aliphatic rings. The van der Waals surface area contributed by atoms with Crippen LogP contribution in [-0.2, 0) is 28.5 Å². The summed E-state index contributed by atoms with van der Waals surface area (Å²) in [6, 6.07) is -0.680. The van der Waals surface area contributed by atoms with Crippen molar-refractivity contribution in [1.82, 2.24) is 0 Å². The molecule has 0 fully saturated rings. The van der Waals surface area contributed by atoms with Crippen LogP contribution in [0.5, 0.6) is 0 Å². The predicted molar refractivity (Wildman–Crippen MR) is 126 cm³/mol. The maximum absolute atomic E-state index is 11.4. The maximum atomic E-state index is 11.4. The Balaban J connectivity index is 2.31. The van der Waals surface area contributed by atoms with Gasteiger partial charge in [-0.25, -0.2) is 4.79 Å². The van der Waals surface area contributed by atoms with Crippen LogP contribution in [0.15, 0.2) is 16.8 Å². The van der Waals surface area contributed by atoms with Gasteiger partial charge in [-0.05, 0) is 12.5 Å². The molecule has 5 atom stereocenters. The van der Waals surface area contributed by atoms with E-state index in [0.717, 1.165) is 0 Å². The molecule has 0 bridgehead atoms. The van der Waals surface area contributed by atoms with E-state index in [2.05, 4.69) is 10.9 Å². The molecule has 1 rings (SSSR count). The molecule has 1 heterocycles. The average molecular weight is 503 g/mol. The van der Waals surface area contributed by atoms with Gasteiger partial charge >= 0.3 is 5.97 Å². The van der Waals surface area contributed by atoms with E-state index in [-0.39, 0.29) is 6.61 Å². The fourth-order valence-corrected chi connectivity index (χ4v) is 3.18. The van der Waals surface area contributed by atoms with Gasteiger partial charge in [0.25, 0.3) is 0 Å². The number of carbonyl (C=O) groups is 1. The van der Waals surface area contributed by atoms with Crippen LogP contribution in [0.1, 0.15) is 19.8 Å². The van der Waals surface area contributed by atoms with Crippen molar-refractivity contribution in [2.45, 2.75) is 44.1 Å². The minimum absolute atomic E-state index is 0.271. The van der Waals surface area contributed by atoms with Gasteiger partial charge in [-0.1, -0.05) is 12.8 Å². The molecule has 0 radical (unpaired) electrons. The van der Waals surface area contributed by atoms with E-state index in [0.29, 0.717) is 64.9 Å². The number of nitrogens with zero attached hydrogens (tertiary/aromatic N) is 1. The van der Waals surface area contributed by atoms with Crippen molar-refractivity contribution in [1.29, 1.82) is 0 Å². The highest BCUT2D eigenvalue weighted by molar-refractivity contribution is 5.85. The summed E-state index contributed by atoms with van der Waals surface area (Å²) >= 11 is 0. The molecule has 0 saturated carbocycles. The first-order valence-corrected chi connectivity index (χ1v) is 11.5. The third-order valence-electron chi connectivity index (χ3n) is 5.11. The average Bonchev–Trinajstić information content (AvgIpc) is 2.84. The molecule has 12 nitrogen and oxygen atoms in total. The molecular formula is C23H38N2O10. The number of aliphatic imine (C=N–C) groups is 1. The first kappa shape index (κ1) is 30.8. The second kappa shape index (κ2) is 18.1. The second-order valence-electron chi connectivity index (χ2n) is 7.83. The number of hydrogen-bond acceptors (Lipinski definition) is 10. The Morgan fingerprint density at radius 2 is 1.71 bits per heavy atom. The molecule has 0 amide bonds. The van der Waals surface area contributed by atoms with E-state index in [1.54, 1.807) is 6.92 Å². The molecule has 0 spiro atoms. The molecule has 6 N–H and O–H groups in total. The summed E-state index contributed by atoms with van der Waals surface area (Å²) in [6.07, 6.45) is 3.34. The van der Waals surface area contributed by atoms with Crippen LogP contribution in [0, 0.1) is 18.3 Å². The smallest absolute Gasteiger partial charge is 0.370 e. The monoisotopic (exact) mass is 502 g/mol. The third-order valence-corrected chi connectivity index (χ3v) is 5.11. The van der Waals surface area contributed by atoms with Crippen molar-refractivity contribution in [3.63, 3.8) is 0 Å². The van der Waals surface area contributed by atoms with Gasteiger partial charge in [0.15, 0.2) is 0 Å². The highest BCUT2D eigenvalue weighted by atomic mass is 16.6. The van der Waals surface area contributed by atoms with Gasteiger partial charge in [0, 0.05) is 18.9 Å². The van der Waals surface area contributed by atoms with Crippen LogP contribution >= 0.6 is 0 Å². The summed E-state index contributed by atoms with van der Waals surface area (Å²) in [4.78, 5) is 15.8. The van der Waals surface area contributed by atoms with Gasteiger partial charge in [-0.15, -0.1) is 6.42 Å². The van der Waals surface area contributed by atoms with E-state index < -0.39 is 48.6 Å². The van der Waals surface area contributed by atoms with E-state index >= 15 is 0 Å². The molecule has 0 aliphatic carbocycles. The Morgan fingerprint density at radius 1 is 1.14 bits per heavy atom.